The van der Waals surface area contributed by atoms with Crippen LogP contribution >= 0.6 is 0 Å². The molecule has 2 heterocycles. The van der Waals surface area contributed by atoms with Crippen molar-refractivity contribution in [1.82, 2.24) is 20.5 Å². The Kier molecular flexibility index (Phi) is 3.67. The van der Waals surface area contributed by atoms with Crippen molar-refractivity contribution in [2.75, 3.05) is 6.54 Å². The highest BCUT2D eigenvalue weighted by molar-refractivity contribution is 5.60. The average molecular weight is 296 g/mol. The first-order chi connectivity index (χ1) is 10.1. The molecule has 1 aliphatic heterocycles. The Balaban J connectivity index is 1.93. The molecular weight excluding hydrogens is 281 g/mol. The molecule has 7 heteroatoms. The molecule has 0 radical (unpaired) electrons. The molecule has 1 aromatic carbocycles. The third kappa shape index (κ3) is 2.92. The van der Waals surface area contributed by atoms with Crippen molar-refractivity contribution in [2.45, 2.75) is 31.5 Å². The molecule has 1 saturated heterocycles. The van der Waals surface area contributed by atoms with Crippen molar-refractivity contribution < 1.29 is 13.2 Å². The van der Waals surface area contributed by atoms with Gasteiger partial charge in [-0.25, -0.2) is 4.98 Å². The molecule has 1 aliphatic rings. The average Bonchev–Trinajstić information content (AvgIpc) is 2.97. The molecule has 0 spiro atoms. The Morgan fingerprint density at radius 3 is 2.67 bits per heavy atom. The first-order valence-corrected chi connectivity index (χ1v) is 6.88. The topological polar surface area (TPSA) is 53.6 Å². The van der Waals surface area contributed by atoms with Crippen LogP contribution < -0.4 is 5.32 Å². The van der Waals surface area contributed by atoms with E-state index in [1.54, 1.807) is 6.07 Å². The van der Waals surface area contributed by atoms with Gasteiger partial charge in [-0.05, 0) is 25.5 Å². The summed E-state index contributed by atoms with van der Waals surface area (Å²) >= 11 is 0. The predicted octanol–water partition coefficient (Wildman–Crippen LogP) is 3.31. The molecular formula is C14H15F3N4. The molecule has 0 amide bonds. The van der Waals surface area contributed by atoms with E-state index < -0.39 is 11.7 Å². The Labute approximate surface area is 119 Å². The third-order valence-corrected chi connectivity index (χ3v) is 3.62. The van der Waals surface area contributed by atoms with Crippen molar-refractivity contribution in [1.29, 1.82) is 0 Å². The molecule has 21 heavy (non-hydrogen) atoms. The second-order valence-corrected chi connectivity index (χ2v) is 5.09. The summed E-state index contributed by atoms with van der Waals surface area (Å²) in [6, 6.07) is 5.40. The first-order valence-electron chi connectivity index (χ1n) is 6.88. The molecule has 3 rings (SSSR count). The van der Waals surface area contributed by atoms with Gasteiger partial charge in [-0.15, -0.1) is 0 Å². The van der Waals surface area contributed by atoms with Gasteiger partial charge in [-0.1, -0.05) is 24.6 Å². The zero-order valence-electron chi connectivity index (χ0n) is 11.2. The van der Waals surface area contributed by atoms with E-state index in [1.165, 1.54) is 12.1 Å². The maximum atomic E-state index is 13.0. The maximum absolute atomic E-state index is 13.0. The normalized spacial score (nSPS) is 19.7. The SMILES string of the molecule is FC(F)(F)c1ccccc1-c1n[nH]c(C2CCCCN2)n1. The second kappa shape index (κ2) is 5.48. The number of nitrogens with one attached hydrogen (secondary N) is 2. The third-order valence-electron chi connectivity index (χ3n) is 3.62. The van der Waals surface area contributed by atoms with Gasteiger partial charge < -0.3 is 5.32 Å². The molecule has 4 nitrogen and oxygen atoms in total. The minimum absolute atomic E-state index is 0.00306. The quantitative estimate of drug-likeness (QED) is 0.894. The summed E-state index contributed by atoms with van der Waals surface area (Å²) in [4.78, 5) is 4.25. The molecule has 1 atom stereocenters. The molecule has 0 bridgehead atoms. The van der Waals surface area contributed by atoms with Gasteiger partial charge in [0.05, 0.1) is 11.6 Å². The Bertz CT molecular complexity index is 615. The van der Waals surface area contributed by atoms with Crippen LogP contribution in [0.5, 0.6) is 0 Å². The Morgan fingerprint density at radius 1 is 1.14 bits per heavy atom. The number of piperidine rings is 1. The van der Waals surface area contributed by atoms with Crippen LogP contribution in [-0.2, 0) is 6.18 Å². The fourth-order valence-corrected chi connectivity index (χ4v) is 2.56. The van der Waals surface area contributed by atoms with E-state index in [1.807, 2.05) is 0 Å². The summed E-state index contributed by atoms with van der Waals surface area (Å²) in [6.45, 7) is 0.889. The van der Waals surface area contributed by atoms with E-state index >= 15 is 0 Å². The van der Waals surface area contributed by atoms with E-state index in [0.717, 1.165) is 31.9 Å². The summed E-state index contributed by atoms with van der Waals surface area (Å²) in [5.41, 5.74) is -0.713. The number of rotatable bonds is 2. The molecule has 0 aliphatic carbocycles. The van der Waals surface area contributed by atoms with E-state index in [9.17, 15) is 13.2 Å². The van der Waals surface area contributed by atoms with Crippen molar-refractivity contribution in [3.63, 3.8) is 0 Å². The summed E-state index contributed by atoms with van der Waals surface area (Å²) in [7, 11) is 0. The van der Waals surface area contributed by atoms with Gasteiger partial charge in [0.25, 0.3) is 0 Å². The lowest BCUT2D eigenvalue weighted by molar-refractivity contribution is -0.137. The lowest BCUT2D eigenvalue weighted by atomic mass is 10.0. The Hall–Kier alpha value is -1.89. The standard InChI is InChI=1S/C14H15F3N4/c15-14(16,17)10-6-2-1-5-9(10)12-19-13(21-20-12)11-7-3-4-8-18-11/h1-2,5-6,11,18H,3-4,7-8H2,(H,19,20,21). The summed E-state index contributed by atoms with van der Waals surface area (Å²) in [6.07, 6.45) is -1.32. The van der Waals surface area contributed by atoms with E-state index in [4.69, 9.17) is 0 Å². The van der Waals surface area contributed by atoms with Crippen molar-refractivity contribution in [2.24, 2.45) is 0 Å². The van der Waals surface area contributed by atoms with E-state index in [0.29, 0.717) is 5.82 Å². The number of alkyl halides is 3. The van der Waals surface area contributed by atoms with Gasteiger partial charge in [0.15, 0.2) is 5.82 Å². The van der Waals surface area contributed by atoms with Gasteiger partial charge >= 0.3 is 6.18 Å². The van der Waals surface area contributed by atoms with E-state index in [2.05, 4.69) is 20.5 Å². The van der Waals surface area contributed by atoms with Gasteiger partial charge in [-0.2, -0.15) is 18.3 Å². The number of aromatic nitrogens is 3. The molecule has 112 valence electrons. The highest BCUT2D eigenvalue weighted by Gasteiger charge is 2.34. The summed E-state index contributed by atoms with van der Waals surface area (Å²) in [5.74, 6) is 0.687. The maximum Gasteiger partial charge on any atom is 0.417 e. The number of benzene rings is 1. The first kappa shape index (κ1) is 14.1. The van der Waals surface area contributed by atoms with Crippen LogP contribution in [0, 0.1) is 0 Å². The predicted molar refractivity (Wildman–Crippen MR) is 71.4 cm³/mol. The highest BCUT2D eigenvalue weighted by atomic mass is 19.4. The molecule has 1 unspecified atom stereocenters. The molecule has 1 aromatic heterocycles. The zero-order chi connectivity index (χ0) is 14.9. The van der Waals surface area contributed by atoms with Crippen LogP contribution in [0.2, 0.25) is 0 Å². The minimum atomic E-state index is -4.42. The number of H-pyrrole nitrogens is 1. The van der Waals surface area contributed by atoms with Crippen molar-refractivity contribution >= 4 is 0 Å². The smallest absolute Gasteiger partial charge is 0.307 e. The van der Waals surface area contributed by atoms with Crippen LogP contribution in [0.1, 0.15) is 36.7 Å². The number of nitrogens with zero attached hydrogens (tertiary/aromatic N) is 2. The number of halogens is 3. The van der Waals surface area contributed by atoms with Crippen LogP contribution in [-0.4, -0.2) is 21.7 Å². The van der Waals surface area contributed by atoms with Crippen molar-refractivity contribution in [3.8, 4) is 11.4 Å². The van der Waals surface area contributed by atoms with Gasteiger partial charge in [0, 0.05) is 5.56 Å². The van der Waals surface area contributed by atoms with Gasteiger partial charge in [0.1, 0.15) is 5.82 Å². The fraction of sp³-hybridized carbons (Fsp3) is 0.429. The summed E-state index contributed by atoms with van der Waals surface area (Å²) in [5, 5.41) is 10.0. The lowest BCUT2D eigenvalue weighted by Crippen LogP contribution is -2.27. The van der Waals surface area contributed by atoms with Crippen LogP contribution in [0.15, 0.2) is 24.3 Å². The minimum Gasteiger partial charge on any atom is -0.307 e. The number of hydrogen-bond acceptors (Lipinski definition) is 3. The Morgan fingerprint density at radius 2 is 1.95 bits per heavy atom. The van der Waals surface area contributed by atoms with Crippen molar-refractivity contribution in [3.05, 3.63) is 35.7 Å². The molecule has 2 aromatic rings. The second-order valence-electron chi connectivity index (χ2n) is 5.09. The van der Waals surface area contributed by atoms with Gasteiger partial charge in [-0.3, -0.25) is 5.10 Å². The number of hydrogen-bond donors (Lipinski definition) is 2. The number of aromatic amines is 1. The largest absolute Gasteiger partial charge is 0.417 e. The lowest BCUT2D eigenvalue weighted by Gasteiger charge is -2.20. The molecule has 2 N–H and O–H groups in total. The van der Waals surface area contributed by atoms with E-state index in [-0.39, 0.29) is 17.4 Å². The van der Waals surface area contributed by atoms with Crippen LogP contribution in [0.25, 0.3) is 11.4 Å². The fourth-order valence-electron chi connectivity index (χ4n) is 2.56. The summed E-state index contributed by atoms with van der Waals surface area (Å²) < 4.78 is 39.1. The van der Waals surface area contributed by atoms with Crippen LogP contribution in [0.3, 0.4) is 0 Å². The highest BCUT2D eigenvalue weighted by Crippen LogP contribution is 2.36. The monoisotopic (exact) mass is 296 g/mol. The van der Waals surface area contributed by atoms with Gasteiger partial charge in [0.2, 0.25) is 0 Å². The molecule has 1 fully saturated rings. The zero-order valence-corrected chi connectivity index (χ0v) is 11.2. The molecule has 0 saturated carbocycles. The van der Waals surface area contributed by atoms with Crippen LogP contribution in [0.4, 0.5) is 13.2 Å².